The second kappa shape index (κ2) is 6.29. The van der Waals surface area contributed by atoms with Crippen LogP contribution in [0.15, 0.2) is 35.2 Å². The first kappa shape index (κ1) is 13.5. The molecule has 19 heavy (non-hydrogen) atoms. The third kappa shape index (κ3) is 3.51. The fourth-order valence-electron chi connectivity index (χ4n) is 1.54. The predicted molar refractivity (Wildman–Crippen MR) is 77.2 cm³/mol. The lowest BCUT2D eigenvalue weighted by Gasteiger charge is -2.04. The fraction of sp³-hybridized carbons (Fsp3) is 0.231. The summed E-state index contributed by atoms with van der Waals surface area (Å²) < 4.78 is 0. The van der Waals surface area contributed by atoms with E-state index < -0.39 is 0 Å². The highest BCUT2D eigenvalue weighted by atomic mass is 32.2. The number of thioether (sulfide) groups is 1. The molecule has 1 heterocycles. The zero-order valence-corrected chi connectivity index (χ0v) is 11.5. The van der Waals surface area contributed by atoms with Crippen molar-refractivity contribution >= 4 is 23.4 Å². The van der Waals surface area contributed by atoms with E-state index in [-0.39, 0.29) is 11.6 Å². The first-order chi connectivity index (χ1) is 9.18. The molecule has 0 atom stereocenters. The molecular formula is C13H16N4OS. The zero-order valence-electron chi connectivity index (χ0n) is 10.6. The van der Waals surface area contributed by atoms with E-state index in [4.69, 9.17) is 5.73 Å². The molecule has 0 fully saturated rings. The molecule has 2 aromatic rings. The van der Waals surface area contributed by atoms with Gasteiger partial charge in [-0.3, -0.25) is 9.89 Å². The number of carbonyl (C=O) groups excluding carboxylic acids is 1. The highest BCUT2D eigenvalue weighted by Gasteiger charge is 2.14. The Morgan fingerprint density at radius 1 is 1.42 bits per heavy atom. The number of nitrogen functional groups attached to an aromatic ring is 1. The lowest BCUT2D eigenvalue weighted by Crippen LogP contribution is -2.26. The molecule has 0 saturated heterocycles. The number of nitrogens with one attached hydrogen (secondary N) is 2. The number of nitrogens with two attached hydrogens (primary N) is 1. The monoisotopic (exact) mass is 276 g/mol. The standard InChI is InChI=1S/C13H16N4OS/c1-9-11(14)12(17-16-9)13(18)15-7-8-19-10-5-3-2-4-6-10/h2-6H,7-8,14H2,1H3,(H,15,18)(H,16,17). The Balaban J connectivity index is 1.77. The van der Waals surface area contributed by atoms with Gasteiger partial charge in [0.25, 0.3) is 5.91 Å². The number of benzene rings is 1. The molecular weight excluding hydrogens is 260 g/mol. The van der Waals surface area contributed by atoms with Gasteiger partial charge in [0.15, 0.2) is 5.69 Å². The number of amides is 1. The maximum absolute atomic E-state index is 11.8. The van der Waals surface area contributed by atoms with Crippen molar-refractivity contribution in [1.29, 1.82) is 0 Å². The number of rotatable bonds is 5. The Hall–Kier alpha value is -1.95. The minimum atomic E-state index is -0.240. The van der Waals surface area contributed by atoms with Gasteiger partial charge < -0.3 is 11.1 Å². The molecule has 0 unspecified atom stereocenters. The van der Waals surface area contributed by atoms with Gasteiger partial charge in [0.2, 0.25) is 0 Å². The van der Waals surface area contributed by atoms with Gasteiger partial charge in [-0.2, -0.15) is 5.10 Å². The molecule has 0 aliphatic heterocycles. The first-order valence-electron chi connectivity index (χ1n) is 5.95. The SMILES string of the molecule is Cc1[nH]nc(C(=O)NCCSc2ccccc2)c1N. The molecule has 0 aliphatic rings. The lowest BCUT2D eigenvalue weighted by molar-refractivity contribution is 0.0952. The summed E-state index contributed by atoms with van der Waals surface area (Å²) in [7, 11) is 0. The van der Waals surface area contributed by atoms with Gasteiger partial charge in [0.05, 0.1) is 11.4 Å². The van der Waals surface area contributed by atoms with Gasteiger partial charge >= 0.3 is 0 Å². The van der Waals surface area contributed by atoms with Crippen molar-refractivity contribution in [2.45, 2.75) is 11.8 Å². The van der Waals surface area contributed by atoms with Crippen molar-refractivity contribution in [3.05, 3.63) is 41.7 Å². The number of hydrogen-bond donors (Lipinski definition) is 3. The van der Waals surface area contributed by atoms with E-state index in [0.29, 0.717) is 17.9 Å². The molecule has 0 saturated carbocycles. The smallest absolute Gasteiger partial charge is 0.273 e. The van der Waals surface area contributed by atoms with E-state index in [9.17, 15) is 4.79 Å². The number of aryl methyl sites for hydroxylation is 1. The van der Waals surface area contributed by atoms with E-state index in [2.05, 4.69) is 15.5 Å². The van der Waals surface area contributed by atoms with Gasteiger partial charge in [-0.1, -0.05) is 18.2 Å². The van der Waals surface area contributed by atoms with Crippen molar-refractivity contribution in [1.82, 2.24) is 15.5 Å². The number of anilines is 1. The van der Waals surface area contributed by atoms with Crippen molar-refractivity contribution in [2.24, 2.45) is 0 Å². The number of H-pyrrole nitrogens is 1. The summed E-state index contributed by atoms with van der Waals surface area (Å²) in [6.07, 6.45) is 0. The van der Waals surface area contributed by atoms with Crippen LogP contribution in [-0.2, 0) is 0 Å². The average molecular weight is 276 g/mol. The van der Waals surface area contributed by atoms with Crippen LogP contribution < -0.4 is 11.1 Å². The molecule has 0 radical (unpaired) electrons. The van der Waals surface area contributed by atoms with Crippen LogP contribution in [0.5, 0.6) is 0 Å². The Morgan fingerprint density at radius 2 is 2.16 bits per heavy atom. The zero-order chi connectivity index (χ0) is 13.7. The Kier molecular flexibility index (Phi) is 4.46. The molecule has 100 valence electrons. The fourth-order valence-corrected chi connectivity index (χ4v) is 2.33. The topological polar surface area (TPSA) is 83.8 Å². The summed E-state index contributed by atoms with van der Waals surface area (Å²) in [4.78, 5) is 13.0. The van der Waals surface area contributed by atoms with Crippen molar-refractivity contribution in [3.63, 3.8) is 0 Å². The number of aromatic amines is 1. The largest absolute Gasteiger partial charge is 0.395 e. The Labute approximate surface area is 116 Å². The Morgan fingerprint density at radius 3 is 2.79 bits per heavy atom. The van der Waals surface area contributed by atoms with Gasteiger partial charge in [-0.25, -0.2) is 0 Å². The van der Waals surface area contributed by atoms with Crippen LogP contribution in [0.25, 0.3) is 0 Å². The molecule has 6 heteroatoms. The summed E-state index contributed by atoms with van der Waals surface area (Å²) in [6.45, 7) is 2.36. The maximum atomic E-state index is 11.8. The van der Waals surface area contributed by atoms with Crippen LogP contribution >= 0.6 is 11.8 Å². The number of nitrogens with zero attached hydrogens (tertiary/aromatic N) is 1. The second-order valence-electron chi connectivity index (χ2n) is 4.03. The lowest BCUT2D eigenvalue weighted by atomic mass is 10.3. The van der Waals surface area contributed by atoms with Gasteiger partial charge in [0.1, 0.15) is 0 Å². The van der Waals surface area contributed by atoms with Crippen LogP contribution in [0.3, 0.4) is 0 Å². The van der Waals surface area contributed by atoms with E-state index in [1.807, 2.05) is 30.3 Å². The first-order valence-corrected chi connectivity index (χ1v) is 6.93. The predicted octanol–water partition coefficient (Wildman–Crippen LogP) is 1.82. The Bertz CT molecular complexity index is 553. The summed E-state index contributed by atoms with van der Waals surface area (Å²) in [6, 6.07) is 10.1. The van der Waals surface area contributed by atoms with Gasteiger partial charge in [0, 0.05) is 17.2 Å². The van der Waals surface area contributed by atoms with Crippen LogP contribution in [0.2, 0.25) is 0 Å². The quantitative estimate of drug-likeness (QED) is 0.574. The molecule has 0 aliphatic carbocycles. The molecule has 2 rings (SSSR count). The summed E-state index contributed by atoms with van der Waals surface area (Å²) in [5.41, 5.74) is 7.13. The summed E-state index contributed by atoms with van der Waals surface area (Å²) in [5.74, 6) is 0.564. The summed E-state index contributed by atoms with van der Waals surface area (Å²) in [5, 5.41) is 9.38. The van der Waals surface area contributed by atoms with Crippen LogP contribution in [-0.4, -0.2) is 28.4 Å². The third-order valence-electron chi connectivity index (χ3n) is 2.61. The van der Waals surface area contributed by atoms with E-state index >= 15 is 0 Å². The molecule has 0 bridgehead atoms. The minimum Gasteiger partial charge on any atom is -0.395 e. The highest BCUT2D eigenvalue weighted by Crippen LogP contribution is 2.16. The molecule has 1 amide bonds. The van der Waals surface area contributed by atoms with Crippen LogP contribution in [0.4, 0.5) is 5.69 Å². The van der Waals surface area contributed by atoms with E-state index in [0.717, 1.165) is 5.75 Å². The normalized spacial score (nSPS) is 10.4. The van der Waals surface area contributed by atoms with E-state index in [1.165, 1.54) is 4.90 Å². The maximum Gasteiger partial charge on any atom is 0.273 e. The van der Waals surface area contributed by atoms with Gasteiger partial charge in [-0.15, -0.1) is 11.8 Å². The molecule has 1 aromatic carbocycles. The second-order valence-corrected chi connectivity index (χ2v) is 5.20. The molecule has 0 spiro atoms. The third-order valence-corrected chi connectivity index (χ3v) is 3.62. The number of carbonyl (C=O) groups is 1. The minimum absolute atomic E-state index is 0.240. The number of aromatic nitrogens is 2. The molecule has 1 aromatic heterocycles. The van der Waals surface area contributed by atoms with Crippen molar-refractivity contribution in [3.8, 4) is 0 Å². The van der Waals surface area contributed by atoms with Crippen LogP contribution in [0.1, 0.15) is 16.2 Å². The van der Waals surface area contributed by atoms with E-state index in [1.54, 1.807) is 18.7 Å². The van der Waals surface area contributed by atoms with Crippen molar-refractivity contribution in [2.75, 3.05) is 18.0 Å². The van der Waals surface area contributed by atoms with Gasteiger partial charge in [-0.05, 0) is 19.1 Å². The molecule has 4 N–H and O–H groups in total. The molecule has 5 nitrogen and oxygen atoms in total. The highest BCUT2D eigenvalue weighted by molar-refractivity contribution is 7.99. The van der Waals surface area contributed by atoms with Crippen molar-refractivity contribution < 1.29 is 4.79 Å². The average Bonchev–Trinajstić information content (AvgIpc) is 2.76. The van der Waals surface area contributed by atoms with Crippen LogP contribution in [0, 0.1) is 6.92 Å². The number of hydrogen-bond acceptors (Lipinski definition) is 4. The summed E-state index contributed by atoms with van der Waals surface area (Å²) >= 11 is 1.69.